The number of rotatable bonds is 3. The van der Waals surface area contributed by atoms with Gasteiger partial charge in [-0.05, 0) is 31.0 Å². The fourth-order valence-corrected chi connectivity index (χ4v) is 3.01. The summed E-state index contributed by atoms with van der Waals surface area (Å²) in [5.41, 5.74) is 6.65. The zero-order valence-corrected chi connectivity index (χ0v) is 11.7. The van der Waals surface area contributed by atoms with Crippen LogP contribution in [-0.4, -0.2) is 24.5 Å². The van der Waals surface area contributed by atoms with Crippen LogP contribution < -0.4 is 15.2 Å². The third-order valence-electron chi connectivity index (χ3n) is 4.18. The van der Waals surface area contributed by atoms with Gasteiger partial charge in [0.2, 0.25) is 0 Å². The Morgan fingerprint density at radius 2 is 1.80 bits per heavy atom. The number of fused-ring (bicyclic) bond motifs is 1. The molecule has 4 heteroatoms. The fraction of sp³-hybridized carbons (Fsp3) is 0.562. The summed E-state index contributed by atoms with van der Waals surface area (Å²) < 4.78 is 11.2. The van der Waals surface area contributed by atoms with Gasteiger partial charge in [0.15, 0.2) is 17.3 Å². The molecule has 108 valence electrons. The van der Waals surface area contributed by atoms with Crippen molar-refractivity contribution in [1.29, 1.82) is 0 Å². The van der Waals surface area contributed by atoms with Gasteiger partial charge in [0.05, 0.1) is 13.2 Å². The van der Waals surface area contributed by atoms with Gasteiger partial charge in [0.25, 0.3) is 0 Å². The van der Waals surface area contributed by atoms with Crippen LogP contribution in [0.4, 0.5) is 0 Å². The normalized spacial score (nSPS) is 20.4. The van der Waals surface area contributed by atoms with E-state index >= 15 is 0 Å². The van der Waals surface area contributed by atoms with Gasteiger partial charge in [0.1, 0.15) is 0 Å². The van der Waals surface area contributed by atoms with E-state index in [1.165, 1.54) is 0 Å². The highest BCUT2D eigenvalue weighted by atomic mass is 16.5. The number of ketones is 1. The van der Waals surface area contributed by atoms with E-state index in [1.807, 2.05) is 12.1 Å². The molecule has 0 radical (unpaired) electrons. The van der Waals surface area contributed by atoms with Gasteiger partial charge >= 0.3 is 0 Å². The minimum atomic E-state index is -0.304. The lowest BCUT2D eigenvalue weighted by atomic mass is 9.90. The molecular formula is C16H21NO3. The van der Waals surface area contributed by atoms with E-state index in [-0.39, 0.29) is 11.3 Å². The Morgan fingerprint density at radius 1 is 1.10 bits per heavy atom. The highest BCUT2D eigenvalue weighted by molar-refractivity contribution is 5.97. The average molecular weight is 275 g/mol. The molecule has 3 rings (SSSR count). The summed E-state index contributed by atoms with van der Waals surface area (Å²) in [6.45, 7) is 1.29. The standard InChI is InChI=1S/C16H21NO3/c17-16(6-1-2-7-16)11-13(18)12-4-5-14-15(10-12)20-9-3-8-19-14/h4-5,10H,1-3,6-9,11,17H2. The van der Waals surface area contributed by atoms with Crippen molar-refractivity contribution in [2.45, 2.75) is 44.1 Å². The maximum Gasteiger partial charge on any atom is 0.164 e. The summed E-state index contributed by atoms with van der Waals surface area (Å²) >= 11 is 0. The Bertz CT molecular complexity index is 506. The topological polar surface area (TPSA) is 61.6 Å². The molecule has 1 fully saturated rings. The van der Waals surface area contributed by atoms with Crippen LogP contribution in [0.3, 0.4) is 0 Å². The van der Waals surface area contributed by atoms with Crippen molar-refractivity contribution in [2.75, 3.05) is 13.2 Å². The van der Waals surface area contributed by atoms with Gasteiger partial charge in [-0.25, -0.2) is 0 Å². The largest absolute Gasteiger partial charge is 0.490 e. The molecule has 1 aliphatic carbocycles. The van der Waals surface area contributed by atoms with Crippen LogP contribution in [0.15, 0.2) is 18.2 Å². The summed E-state index contributed by atoms with van der Waals surface area (Å²) in [6.07, 6.45) is 5.44. The van der Waals surface area contributed by atoms with Crippen LogP contribution >= 0.6 is 0 Å². The molecule has 0 amide bonds. The van der Waals surface area contributed by atoms with Crippen molar-refractivity contribution in [3.63, 3.8) is 0 Å². The van der Waals surface area contributed by atoms with E-state index in [1.54, 1.807) is 6.07 Å². The SMILES string of the molecule is NC1(CC(=O)c2ccc3c(c2)OCCCO3)CCCC1. The maximum absolute atomic E-state index is 12.4. The van der Waals surface area contributed by atoms with E-state index in [0.29, 0.717) is 30.9 Å². The van der Waals surface area contributed by atoms with Gasteiger partial charge in [0, 0.05) is 23.9 Å². The Morgan fingerprint density at radius 3 is 2.55 bits per heavy atom. The summed E-state index contributed by atoms with van der Waals surface area (Å²) in [6, 6.07) is 5.43. The number of benzene rings is 1. The summed E-state index contributed by atoms with van der Waals surface area (Å²) in [7, 11) is 0. The molecule has 1 saturated carbocycles. The van der Waals surface area contributed by atoms with E-state index in [4.69, 9.17) is 15.2 Å². The van der Waals surface area contributed by atoms with Gasteiger partial charge in [-0.3, -0.25) is 4.79 Å². The number of hydrogen-bond acceptors (Lipinski definition) is 4. The summed E-state index contributed by atoms with van der Waals surface area (Å²) in [5.74, 6) is 1.50. The molecule has 1 aromatic carbocycles. The second-order valence-electron chi connectivity index (χ2n) is 5.88. The Kier molecular flexibility index (Phi) is 3.66. The Hall–Kier alpha value is -1.55. The molecule has 0 spiro atoms. The molecule has 4 nitrogen and oxygen atoms in total. The van der Waals surface area contributed by atoms with E-state index < -0.39 is 0 Å². The first-order chi connectivity index (χ1) is 9.66. The molecule has 0 atom stereocenters. The molecule has 1 aromatic rings. The van der Waals surface area contributed by atoms with Gasteiger partial charge < -0.3 is 15.2 Å². The first-order valence-corrected chi connectivity index (χ1v) is 7.38. The smallest absolute Gasteiger partial charge is 0.164 e. The third-order valence-corrected chi connectivity index (χ3v) is 4.18. The molecule has 0 unspecified atom stereocenters. The van der Waals surface area contributed by atoms with E-state index in [0.717, 1.165) is 37.9 Å². The van der Waals surface area contributed by atoms with Crippen molar-refractivity contribution < 1.29 is 14.3 Å². The van der Waals surface area contributed by atoms with E-state index in [9.17, 15) is 4.79 Å². The average Bonchev–Trinajstić information content (AvgIpc) is 2.73. The first kappa shape index (κ1) is 13.4. The maximum atomic E-state index is 12.4. The van der Waals surface area contributed by atoms with Gasteiger partial charge in [-0.15, -0.1) is 0 Å². The molecule has 1 heterocycles. The minimum absolute atomic E-state index is 0.102. The molecule has 20 heavy (non-hydrogen) atoms. The van der Waals surface area contributed by atoms with Crippen LogP contribution in [0.25, 0.3) is 0 Å². The fourth-order valence-electron chi connectivity index (χ4n) is 3.01. The number of Topliss-reactive ketones (excluding diaryl/α,β-unsaturated/α-hetero) is 1. The van der Waals surface area contributed by atoms with Crippen LogP contribution in [0.5, 0.6) is 11.5 Å². The van der Waals surface area contributed by atoms with Crippen LogP contribution in [0, 0.1) is 0 Å². The first-order valence-electron chi connectivity index (χ1n) is 7.38. The zero-order valence-electron chi connectivity index (χ0n) is 11.7. The van der Waals surface area contributed by atoms with Crippen molar-refractivity contribution >= 4 is 5.78 Å². The molecule has 2 aliphatic rings. The van der Waals surface area contributed by atoms with Gasteiger partial charge in [-0.1, -0.05) is 12.8 Å². The number of hydrogen-bond donors (Lipinski definition) is 1. The molecule has 0 bridgehead atoms. The van der Waals surface area contributed by atoms with Gasteiger partial charge in [-0.2, -0.15) is 0 Å². The van der Waals surface area contributed by atoms with Crippen LogP contribution in [0.2, 0.25) is 0 Å². The number of nitrogens with two attached hydrogens (primary N) is 1. The summed E-state index contributed by atoms with van der Waals surface area (Å²) in [5, 5.41) is 0. The molecular weight excluding hydrogens is 254 g/mol. The van der Waals surface area contributed by atoms with E-state index in [2.05, 4.69) is 0 Å². The number of carbonyl (C=O) groups excluding carboxylic acids is 1. The minimum Gasteiger partial charge on any atom is -0.490 e. The number of carbonyl (C=O) groups is 1. The number of ether oxygens (including phenoxy) is 2. The lowest BCUT2D eigenvalue weighted by molar-refractivity contribution is 0.0952. The highest BCUT2D eigenvalue weighted by Crippen LogP contribution is 2.34. The monoisotopic (exact) mass is 275 g/mol. The highest BCUT2D eigenvalue weighted by Gasteiger charge is 2.32. The van der Waals surface area contributed by atoms with Crippen molar-refractivity contribution in [3.8, 4) is 11.5 Å². The quantitative estimate of drug-likeness (QED) is 0.862. The molecule has 0 saturated heterocycles. The third kappa shape index (κ3) is 2.80. The Labute approximate surface area is 119 Å². The van der Waals surface area contributed by atoms with Crippen molar-refractivity contribution in [3.05, 3.63) is 23.8 Å². The molecule has 1 aliphatic heterocycles. The molecule has 2 N–H and O–H groups in total. The zero-order chi connectivity index (χ0) is 14.0. The van der Waals surface area contributed by atoms with Crippen LogP contribution in [0.1, 0.15) is 48.9 Å². The predicted octanol–water partition coefficient (Wildman–Crippen LogP) is 2.69. The van der Waals surface area contributed by atoms with Crippen molar-refractivity contribution in [2.24, 2.45) is 5.73 Å². The summed E-state index contributed by atoms with van der Waals surface area (Å²) in [4.78, 5) is 12.4. The van der Waals surface area contributed by atoms with Crippen molar-refractivity contribution in [1.82, 2.24) is 0 Å². The lowest BCUT2D eigenvalue weighted by Gasteiger charge is -2.22. The van der Waals surface area contributed by atoms with Crippen LogP contribution in [-0.2, 0) is 0 Å². The second-order valence-corrected chi connectivity index (χ2v) is 5.88. The Balaban J connectivity index is 1.76. The second kappa shape index (κ2) is 5.44. The lowest BCUT2D eigenvalue weighted by Crippen LogP contribution is -2.38. The molecule has 0 aromatic heterocycles. The predicted molar refractivity (Wildman–Crippen MR) is 76.4 cm³/mol.